The van der Waals surface area contributed by atoms with Gasteiger partial charge in [0.05, 0.1) is 6.10 Å². The van der Waals surface area contributed by atoms with Crippen molar-refractivity contribution < 1.29 is 18.6 Å². The van der Waals surface area contributed by atoms with Crippen molar-refractivity contribution in [3.63, 3.8) is 0 Å². The summed E-state index contributed by atoms with van der Waals surface area (Å²) in [6.45, 7) is -2.43. The summed E-state index contributed by atoms with van der Waals surface area (Å²) in [5.41, 5.74) is 0.583. The van der Waals surface area contributed by atoms with Crippen LogP contribution in [0.5, 0.6) is 5.75 Å². The lowest BCUT2D eigenvalue weighted by Crippen LogP contribution is -2.36. The van der Waals surface area contributed by atoms with Crippen LogP contribution in [-0.2, 0) is 0 Å². The molecule has 1 aromatic carbocycles. The van der Waals surface area contributed by atoms with Crippen molar-refractivity contribution in [1.82, 2.24) is 5.32 Å². The first-order valence-electron chi connectivity index (χ1n) is 6.69. The van der Waals surface area contributed by atoms with Crippen molar-refractivity contribution in [2.24, 2.45) is 0 Å². The standard InChI is InChI=1S/C14H19F2NO2S/c15-14(16)19-12-5-1-3-10(7-12)13(18)8-17-11-4-2-6-20-9-11/h1,3,5,7,11,13-14,17-18H,2,4,6,8-9H2/t11-,13-/m1/s1. The first-order valence-corrected chi connectivity index (χ1v) is 7.84. The van der Waals surface area contributed by atoms with Gasteiger partial charge in [0, 0.05) is 18.3 Å². The molecule has 1 saturated heterocycles. The van der Waals surface area contributed by atoms with Crippen molar-refractivity contribution in [1.29, 1.82) is 0 Å². The largest absolute Gasteiger partial charge is 0.435 e. The lowest BCUT2D eigenvalue weighted by molar-refractivity contribution is -0.0499. The van der Waals surface area contributed by atoms with Gasteiger partial charge in [-0.2, -0.15) is 20.5 Å². The molecule has 2 atom stereocenters. The van der Waals surface area contributed by atoms with Crippen LogP contribution in [-0.4, -0.2) is 35.8 Å². The topological polar surface area (TPSA) is 41.5 Å². The lowest BCUT2D eigenvalue weighted by Gasteiger charge is -2.24. The summed E-state index contributed by atoms with van der Waals surface area (Å²) >= 11 is 1.91. The van der Waals surface area contributed by atoms with Gasteiger partial charge >= 0.3 is 6.61 Å². The fourth-order valence-electron chi connectivity index (χ4n) is 2.20. The summed E-state index contributed by atoms with van der Waals surface area (Å²) in [5, 5.41) is 13.4. The molecular formula is C14H19F2NO2S. The van der Waals surface area contributed by atoms with Gasteiger partial charge in [-0.25, -0.2) is 0 Å². The molecule has 1 heterocycles. The molecule has 1 aliphatic heterocycles. The van der Waals surface area contributed by atoms with E-state index in [1.165, 1.54) is 24.3 Å². The van der Waals surface area contributed by atoms with Crippen molar-refractivity contribution in [2.75, 3.05) is 18.1 Å². The second-order valence-electron chi connectivity index (χ2n) is 4.79. The van der Waals surface area contributed by atoms with E-state index in [0.717, 1.165) is 12.2 Å². The van der Waals surface area contributed by atoms with Crippen LogP contribution < -0.4 is 10.1 Å². The third kappa shape index (κ3) is 4.92. The number of hydrogen-bond acceptors (Lipinski definition) is 4. The van der Waals surface area contributed by atoms with Gasteiger partial charge in [-0.3, -0.25) is 0 Å². The monoisotopic (exact) mass is 303 g/mol. The molecule has 0 spiro atoms. The molecule has 0 unspecified atom stereocenters. The van der Waals surface area contributed by atoms with E-state index >= 15 is 0 Å². The number of ether oxygens (including phenoxy) is 1. The van der Waals surface area contributed by atoms with E-state index in [1.54, 1.807) is 12.1 Å². The highest BCUT2D eigenvalue weighted by Crippen LogP contribution is 2.21. The van der Waals surface area contributed by atoms with Crippen molar-refractivity contribution >= 4 is 11.8 Å². The number of aliphatic hydroxyl groups is 1. The van der Waals surface area contributed by atoms with Crippen LogP contribution in [0, 0.1) is 0 Å². The van der Waals surface area contributed by atoms with Crippen molar-refractivity contribution in [3.8, 4) is 5.75 Å². The SMILES string of the molecule is O[C@H](CN[C@@H]1CCCSC1)c1cccc(OC(F)F)c1. The average molecular weight is 303 g/mol. The molecule has 2 rings (SSSR count). The molecule has 0 aliphatic carbocycles. The Labute approximate surface area is 121 Å². The van der Waals surface area contributed by atoms with Crippen LogP contribution in [0.15, 0.2) is 24.3 Å². The van der Waals surface area contributed by atoms with Crippen LogP contribution in [0.2, 0.25) is 0 Å². The van der Waals surface area contributed by atoms with Gasteiger partial charge in [0.2, 0.25) is 0 Å². The van der Waals surface area contributed by atoms with Gasteiger partial charge in [-0.15, -0.1) is 0 Å². The van der Waals surface area contributed by atoms with Gasteiger partial charge in [-0.1, -0.05) is 12.1 Å². The highest BCUT2D eigenvalue weighted by atomic mass is 32.2. The van der Waals surface area contributed by atoms with Crippen LogP contribution >= 0.6 is 11.8 Å². The molecule has 0 aromatic heterocycles. The Bertz CT molecular complexity index is 414. The smallest absolute Gasteiger partial charge is 0.387 e. The molecule has 0 amide bonds. The lowest BCUT2D eigenvalue weighted by atomic mass is 10.1. The summed E-state index contributed by atoms with van der Waals surface area (Å²) in [7, 11) is 0. The predicted molar refractivity (Wildman–Crippen MR) is 76.4 cm³/mol. The summed E-state index contributed by atoms with van der Waals surface area (Å²) in [6.07, 6.45) is 1.59. The zero-order valence-corrected chi connectivity index (χ0v) is 11.9. The maximum atomic E-state index is 12.1. The molecule has 112 valence electrons. The highest BCUT2D eigenvalue weighted by Gasteiger charge is 2.16. The molecule has 0 saturated carbocycles. The van der Waals surface area contributed by atoms with Gasteiger partial charge < -0.3 is 15.2 Å². The molecule has 0 bridgehead atoms. The number of aliphatic hydroxyl groups excluding tert-OH is 1. The zero-order valence-electron chi connectivity index (χ0n) is 11.1. The fraction of sp³-hybridized carbons (Fsp3) is 0.571. The minimum Gasteiger partial charge on any atom is -0.435 e. The Morgan fingerprint density at radius 1 is 1.45 bits per heavy atom. The third-order valence-electron chi connectivity index (χ3n) is 3.23. The van der Waals surface area contributed by atoms with E-state index in [0.29, 0.717) is 18.2 Å². The number of nitrogens with one attached hydrogen (secondary N) is 1. The van der Waals surface area contributed by atoms with Crippen LogP contribution in [0.25, 0.3) is 0 Å². The number of hydrogen-bond donors (Lipinski definition) is 2. The van der Waals surface area contributed by atoms with Gasteiger partial charge in [0.25, 0.3) is 0 Å². The quantitative estimate of drug-likeness (QED) is 0.848. The second kappa shape index (κ2) is 7.81. The Hall–Kier alpha value is -0.850. The molecule has 20 heavy (non-hydrogen) atoms. The van der Waals surface area contributed by atoms with Crippen LogP contribution in [0.4, 0.5) is 8.78 Å². The molecule has 6 heteroatoms. The van der Waals surface area contributed by atoms with Gasteiger partial charge in [0.15, 0.2) is 0 Å². The van der Waals surface area contributed by atoms with E-state index in [1.807, 2.05) is 11.8 Å². The van der Waals surface area contributed by atoms with Crippen LogP contribution in [0.1, 0.15) is 24.5 Å². The number of alkyl halides is 2. The summed E-state index contributed by atoms with van der Waals surface area (Å²) in [5.74, 6) is 2.33. The number of rotatable bonds is 6. The van der Waals surface area contributed by atoms with Crippen molar-refractivity contribution in [3.05, 3.63) is 29.8 Å². The van der Waals surface area contributed by atoms with E-state index in [-0.39, 0.29) is 5.75 Å². The van der Waals surface area contributed by atoms with E-state index < -0.39 is 12.7 Å². The first-order chi connectivity index (χ1) is 9.65. The van der Waals surface area contributed by atoms with Crippen LogP contribution in [0.3, 0.4) is 0 Å². The molecule has 1 fully saturated rings. The normalized spacial score (nSPS) is 20.9. The first kappa shape index (κ1) is 15.5. The molecular weight excluding hydrogens is 284 g/mol. The number of thioether (sulfide) groups is 1. The minimum absolute atomic E-state index is 0.0739. The van der Waals surface area contributed by atoms with Crippen molar-refractivity contribution in [2.45, 2.75) is 31.6 Å². The maximum absolute atomic E-state index is 12.1. The molecule has 1 aromatic rings. The molecule has 2 N–H and O–H groups in total. The summed E-state index contributed by atoms with van der Waals surface area (Å²) in [4.78, 5) is 0. The number of benzene rings is 1. The Kier molecular flexibility index (Phi) is 6.06. The Morgan fingerprint density at radius 3 is 3.00 bits per heavy atom. The average Bonchev–Trinajstić information content (AvgIpc) is 2.45. The molecule has 0 radical (unpaired) electrons. The molecule has 1 aliphatic rings. The summed E-state index contributed by atoms with van der Waals surface area (Å²) in [6, 6.07) is 6.64. The van der Waals surface area contributed by atoms with E-state index in [2.05, 4.69) is 10.1 Å². The maximum Gasteiger partial charge on any atom is 0.387 e. The predicted octanol–water partition coefficient (Wildman–Crippen LogP) is 2.81. The Morgan fingerprint density at radius 2 is 2.30 bits per heavy atom. The Balaban J connectivity index is 1.86. The second-order valence-corrected chi connectivity index (χ2v) is 5.94. The van der Waals surface area contributed by atoms with E-state index in [9.17, 15) is 13.9 Å². The minimum atomic E-state index is -2.85. The van der Waals surface area contributed by atoms with E-state index in [4.69, 9.17) is 0 Å². The van der Waals surface area contributed by atoms with Gasteiger partial charge in [-0.05, 0) is 36.3 Å². The van der Waals surface area contributed by atoms with Gasteiger partial charge in [0.1, 0.15) is 5.75 Å². The number of halogens is 2. The highest BCUT2D eigenvalue weighted by molar-refractivity contribution is 7.99. The third-order valence-corrected chi connectivity index (χ3v) is 4.44. The zero-order chi connectivity index (χ0) is 14.4. The fourth-order valence-corrected chi connectivity index (χ4v) is 3.30. The summed E-state index contributed by atoms with van der Waals surface area (Å²) < 4.78 is 28.6. The molecule has 3 nitrogen and oxygen atoms in total.